The van der Waals surface area contributed by atoms with Crippen molar-refractivity contribution in [2.45, 2.75) is 72.8 Å². The fourth-order valence-electron chi connectivity index (χ4n) is 3.54. The molecular formula is C16H31N. The van der Waals surface area contributed by atoms with Crippen molar-refractivity contribution >= 4 is 0 Å². The van der Waals surface area contributed by atoms with Crippen molar-refractivity contribution in [1.29, 1.82) is 0 Å². The molecule has 100 valence electrons. The predicted molar refractivity (Wildman–Crippen MR) is 77.3 cm³/mol. The molecule has 1 saturated carbocycles. The second-order valence-electron chi connectivity index (χ2n) is 6.45. The Labute approximate surface area is 108 Å². The van der Waals surface area contributed by atoms with Crippen molar-refractivity contribution in [3.63, 3.8) is 0 Å². The van der Waals surface area contributed by atoms with Crippen LogP contribution in [0.15, 0.2) is 11.6 Å². The summed E-state index contributed by atoms with van der Waals surface area (Å²) in [5.74, 6) is 0.805. The summed E-state index contributed by atoms with van der Waals surface area (Å²) >= 11 is 0. The zero-order valence-electron chi connectivity index (χ0n) is 12.5. The van der Waals surface area contributed by atoms with Crippen LogP contribution in [-0.4, -0.2) is 12.6 Å². The molecule has 1 heteroatoms. The van der Waals surface area contributed by atoms with Crippen LogP contribution in [0.2, 0.25) is 0 Å². The molecule has 0 saturated heterocycles. The number of hydrogen-bond donors (Lipinski definition) is 1. The molecule has 0 heterocycles. The van der Waals surface area contributed by atoms with Gasteiger partial charge in [-0.25, -0.2) is 0 Å². The summed E-state index contributed by atoms with van der Waals surface area (Å²) in [4.78, 5) is 0. The fourth-order valence-corrected chi connectivity index (χ4v) is 3.54. The van der Waals surface area contributed by atoms with Gasteiger partial charge in [0, 0.05) is 6.04 Å². The fraction of sp³-hybridized carbons (Fsp3) is 0.875. The van der Waals surface area contributed by atoms with Crippen molar-refractivity contribution in [2.75, 3.05) is 6.54 Å². The molecule has 0 bridgehead atoms. The zero-order chi connectivity index (χ0) is 12.9. The van der Waals surface area contributed by atoms with E-state index in [4.69, 9.17) is 0 Å². The van der Waals surface area contributed by atoms with Gasteiger partial charge in [-0.2, -0.15) is 0 Å². The lowest BCUT2D eigenvalue weighted by atomic mass is 9.72. The lowest BCUT2D eigenvalue weighted by molar-refractivity contribution is 0.184. The van der Waals surface area contributed by atoms with Gasteiger partial charge in [-0.3, -0.25) is 0 Å². The van der Waals surface area contributed by atoms with E-state index >= 15 is 0 Å². The smallest absolute Gasteiger partial charge is 0.0309 e. The predicted octanol–water partition coefficient (Wildman–Crippen LogP) is 4.54. The molecule has 0 aliphatic heterocycles. The number of likely N-dealkylation sites (N-methyl/N-ethyl adjacent to an activating group) is 1. The average Bonchev–Trinajstić information content (AvgIpc) is 2.65. The van der Waals surface area contributed by atoms with Crippen LogP contribution >= 0.6 is 0 Å². The van der Waals surface area contributed by atoms with Gasteiger partial charge in [-0.15, -0.1) is 0 Å². The van der Waals surface area contributed by atoms with Crippen molar-refractivity contribution in [1.82, 2.24) is 5.32 Å². The molecule has 0 aromatic carbocycles. The topological polar surface area (TPSA) is 12.0 Å². The minimum Gasteiger partial charge on any atom is -0.310 e. The molecule has 0 radical (unpaired) electrons. The SMILES string of the molecule is CCNC(C=C(C)C)C1(CC(C)C)CCCC1. The third-order valence-corrected chi connectivity index (χ3v) is 4.00. The summed E-state index contributed by atoms with van der Waals surface area (Å²) in [5, 5.41) is 3.73. The average molecular weight is 237 g/mol. The lowest BCUT2D eigenvalue weighted by Crippen LogP contribution is -2.43. The van der Waals surface area contributed by atoms with Crippen LogP contribution < -0.4 is 5.32 Å². The van der Waals surface area contributed by atoms with E-state index in [9.17, 15) is 0 Å². The molecular weight excluding hydrogens is 206 g/mol. The minimum absolute atomic E-state index is 0.529. The monoisotopic (exact) mass is 237 g/mol. The quantitative estimate of drug-likeness (QED) is 0.669. The van der Waals surface area contributed by atoms with Gasteiger partial charge < -0.3 is 5.32 Å². The summed E-state index contributed by atoms with van der Waals surface area (Å²) in [5.41, 5.74) is 1.98. The Hall–Kier alpha value is -0.300. The van der Waals surface area contributed by atoms with Crippen LogP contribution in [0.3, 0.4) is 0 Å². The van der Waals surface area contributed by atoms with Crippen LogP contribution in [0.25, 0.3) is 0 Å². The van der Waals surface area contributed by atoms with Crippen LogP contribution in [-0.2, 0) is 0 Å². The Balaban J connectivity index is 2.88. The third kappa shape index (κ3) is 4.13. The normalized spacial score (nSPS) is 20.6. The highest BCUT2D eigenvalue weighted by Gasteiger charge is 2.40. The Bertz CT molecular complexity index is 242. The first kappa shape index (κ1) is 14.8. The maximum atomic E-state index is 3.73. The third-order valence-electron chi connectivity index (χ3n) is 4.00. The highest BCUT2D eigenvalue weighted by Crippen LogP contribution is 2.46. The van der Waals surface area contributed by atoms with Gasteiger partial charge in [-0.05, 0) is 51.0 Å². The largest absolute Gasteiger partial charge is 0.310 e. The van der Waals surface area contributed by atoms with Gasteiger partial charge in [0.1, 0.15) is 0 Å². The second-order valence-corrected chi connectivity index (χ2v) is 6.45. The first-order valence-electron chi connectivity index (χ1n) is 7.38. The molecule has 0 spiro atoms. The molecule has 0 amide bonds. The van der Waals surface area contributed by atoms with Crippen molar-refractivity contribution in [3.8, 4) is 0 Å². The van der Waals surface area contributed by atoms with Gasteiger partial charge in [0.2, 0.25) is 0 Å². The number of allylic oxidation sites excluding steroid dienone is 1. The van der Waals surface area contributed by atoms with E-state index in [2.05, 4.69) is 46.0 Å². The summed E-state index contributed by atoms with van der Waals surface area (Å²) in [7, 11) is 0. The zero-order valence-corrected chi connectivity index (χ0v) is 12.5. The highest BCUT2D eigenvalue weighted by molar-refractivity contribution is 5.09. The summed E-state index contributed by atoms with van der Waals surface area (Å²) in [6, 6.07) is 0.586. The van der Waals surface area contributed by atoms with Crippen LogP contribution in [0.4, 0.5) is 0 Å². The van der Waals surface area contributed by atoms with E-state index in [1.54, 1.807) is 0 Å². The summed E-state index contributed by atoms with van der Waals surface area (Å²) < 4.78 is 0. The number of nitrogens with one attached hydrogen (secondary N) is 1. The van der Waals surface area contributed by atoms with Crippen LogP contribution in [0.5, 0.6) is 0 Å². The van der Waals surface area contributed by atoms with Crippen molar-refractivity contribution in [3.05, 3.63) is 11.6 Å². The molecule has 1 N–H and O–H groups in total. The van der Waals surface area contributed by atoms with E-state index in [-0.39, 0.29) is 0 Å². The molecule has 0 aromatic heterocycles. The molecule has 17 heavy (non-hydrogen) atoms. The molecule has 1 aliphatic carbocycles. The van der Waals surface area contributed by atoms with E-state index in [0.717, 1.165) is 12.5 Å². The first-order valence-corrected chi connectivity index (χ1v) is 7.38. The van der Waals surface area contributed by atoms with Gasteiger partial charge in [0.15, 0.2) is 0 Å². The number of rotatable bonds is 6. The molecule has 1 unspecified atom stereocenters. The van der Waals surface area contributed by atoms with Crippen molar-refractivity contribution in [2.24, 2.45) is 11.3 Å². The molecule has 0 aromatic rings. The second kappa shape index (κ2) is 6.58. The minimum atomic E-state index is 0.529. The molecule has 1 rings (SSSR count). The highest BCUT2D eigenvalue weighted by atomic mass is 14.9. The van der Waals surface area contributed by atoms with Gasteiger partial charge in [-0.1, -0.05) is 45.3 Å². The van der Waals surface area contributed by atoms with E-state index in [0.29, 0.717) is 11.5 Å². The lowest BCUT2D eigenvalue weighted by Gasteiger charge is -2.38. The van der Waals surface area contributed by atoms with E-state index in [1.807, 2.05) is 0 Å². The maximum absolute atomic E-state index is 3.73. The van der Waals surface area contributed by atoms with Crippen molar-refractivity contribution < 1.29 is 0 Å². The molecule has 1 nitrogen and oxygen atoms in total. The van der Waals surface area contributed by atoms with E-state index in [1.165, 1.54) is 37.7 Å². The van der Waals surface area contributed by atoms with E-state index < -0.39 is 0 Å². The maximum Gasteiger partial charge on any atom is 0.0309 e. The Kier molecular flexibility index (Phi) is 5.72. The van der Waals surface area contributed by atoms with Gasteiger partial charge in [0.05, 0.1) is 0 Å². The first-order chi connectivity index (χ1) is 8.00. The molecule has 1 aliphatic rings. The van der Waals surface area contributed by atoms with Crippen LogP contribution in [0.1, 0.15) is 66.7 Å². The molecule has 1 atom stereocenters. The van der Waals surface area contributed by atoms with Gasteiger partial charge >= 0.3 is 0 Å². The number of hydrogen-bond acceptors (Lipinski definition) is 1. The Morgan fingerprint density at radius 3 is 2.24 bits per heavy atom. The summed E-state index contributed by atoms with van der Waals surface area (Å²) in [6.07, 6.45) is 9.50. The standard InChI is InChI=1S/C16H31N/c1-6-17-15(11-13(2)3)16(12-14(4)5)9-7-8-10-16/h11,14-15,17H,6-10,12H2,1-5H3. The summed E-state index contributed by atoms with van der Waals surface area (Å²) in [6.45, 7) is 12.5. The van der Waals surface area contributed by atoms with Gasteiger partial charge in [0.25, 0.3) is 0 Å². The molecule has 1 fully saturated rings. The van der Waals surface area contributed by atoms with Crippen LogP contribution in [0, 0.1) is 11.3 Å². The Morgan fingerprint density at radius 1 is 1.24 bits per heavy atom. The Morgan fingerprint density at radius 2 is 1.82 bits per heavy atom.